The molecule has 0 radical (unpaired) electrons. The van der Waals surface area contributed by atoms with Gasteiger partial charge in [0.25, 0.3) is 0 Å². The second-order valence-corrected chi connectivity index (χ2v) is 3.63. The summed E-state index contributed by atoms with van der Waals surface area (Å²) in [6.07, 6.45) is 3.17. The third kappa shape index (κ3) is 2.32. The summed E-state index contributed by atoms with van der Waals surface area (Å²) < 4.78 is 10.3. The number of hydrogen-bond acceptors (Lipinski definition) is 4. The van der Waals surface area contributed by atoms with E-state index in [-0.39, 0.29) is 5.78 Å². The minimum Gasteiger partial charge on any atom is -0.497 e. The molecule has 1 aromatic heterocycles. The van der Waals surface area contributed by atoms with Crippen molar-refractivity contribution in [3.8, 4) is 11.5 Å². The largest absolute Gasteiger partial charge is 0.497 e. The quantitative estimate of drug-likeness (QED) is 0.773. The van der Waals surface area contributed by atoms with Crippen molar-refractivity contribution in [2.75, 3.05) is 14.2 Å². The standard InChI is InChI=1S/C14H13NO3/c1-17-11-3-4-12(13(9-11)18-2)14(16)10-5-7-15-8-6-10/h3-9H,1-2H3. The predicted molar refractivity (Wildman–Crippen MR) is 67.2 cm³/mol. The molecule has 0 atom stereocenters. The molecule has 18 heavy (non-hydrogen) atoms. The maximum atomic E-state index is 12.3. The van der Waals surface area contributed by atoms with E-state index in [1.165, 1.54) is 7.11 Å². The molecule has 0 saturated carbocycles. The van der Waals surface area contributed by atoms with E-state index in [1.54, 1.807) is 49.8 Å². The fourth-order valence-electron chi connectivity index (χ4n) is 1.64. The summed E-state index contributed by atoms with van der Waals surface area (Å²) in [5, 5.41) is 0. The van der Waals surface area contributed by atoms with Gasteiger partial charge in [-0.1, -0.05) is 0 Å². The number of carbonyl (C=O) groups is 1. The van der Waals surface area contributed by atoms with E-state index in [0.29, 0.717) is 22.6 Å². The van der Waals surface area contributed by atoms with E-state index >= 15 is 0 Å². The third-order valence-corrected chi connectivity index (χ3v) is 2.60. The van der Waals surface area contributed by atoms with Gasteiger partial charge in [-0.15, -0.1) is 0 Å². The zero-order chi connectivity index (χ0) is 13.0. The van der Waals surface area contributed by atoms with Crippen molar-refractivity contribution in [1.29, 1.82) is 0 Å². The molecule has 2 aromatic rings. The molecule has 0 aliphatic carbocycles. The smallest absolute Gasteiger partial charge is 0.196 e. The summed E-state index contributed by atoms with van der Waals surface area (Å²) in [5.41, 5.74) is 1.08. The first-order valence-electron chi connectivity index (χ1n) is 5.43. The molecule has 1 aromatic carbocycles. The highest BCUT2D eigenvalue weighted by Gasteiger charge is 2.14. The first-order chi connectivity index (χ1) is 8.76. The Morgan fingerprint density at radius 2 is 1.78 bits per heavy atom. The van der Waals surface area contributed by atoms with Gasteiger partial charge in [-0.25, -0.2) is 0 Å². The number of rotatable bonds is 4. The van der Waals surface area contributed by atoms with Crippen LogP contribution < -0.4 is 9.47 Å². The van der Waals surface area contributed by atoms with Crippen LogP contribution in [0.3, 0.4) is 0 Å². The summed E-state index contributed by atoms with van der Waals surface area (Å²) in [6.45, 7) is 0. The van der Waals surface area contributed by atoms with Crippen LogP contribution >= 0.6 is 0 Å². The lowest BCUT2D eigenvalue weighted by molar-refractivity contribution is 0.103. The van der Waals surface area contributed by atoms with Crippen molar-refractivity contribution in [2.24, 2.45) is 0 Å². The predicted octanol–water partition coefficient (Wildman–Crippen LogP) is 2.33. The molecular weight excluding hydrogens is 230 g/mol. The fraction of sp³-hybridized carbons (Fsp3) is 0.143. The van der Waals surface area contributed by atoms with E-state index in [1.807, 2.05) is 0 Å². The van der Waals surface area contributed by atoms with Gasteiger partial charge in [-0.05, 0) is 24.3 Å². The van der Waals surface area contributed by atoms with Gasteiger partial charge >= 0.3 is 0 Å². The Hall–Kier alpha value is -2.36. The Bertz CT molecular complexity index is 552. The number of ketones is 1. The highest BCUT2D eigenvalue weighted by Crippen LogP contribution is 2.26. The van der Waals surface area contributed by atoms with Gasteiger partial charge in [-0.3, -0.25) is 9.78 Å². The summed E-state index contributed by atoms with van der Waals surface area (Å²) in [6, 6.07) is 8.46. The lowest BCUT2D eigenvalue weighted by Crippen LogP contribution is -2.04. The molecule has 0 N–H and O–H groups in total. The van der Waals surface area contributed by atoms with Gasteiger partial charge in [0.05, 0.1) is 19.8 Å². The Morgan fingerprint density at radius 3 is 2.39 bits per heavy atom. The Labute approximate surface area is 105 Å². The summed E-state index contributed by atoms with van der Waals surface area (Å²) in [7, 11) is 3.09. The lowest BCUT2D eigenvalue weighted by atomic mass is 10.0. The number of ether oxygens (including phenoxy) is 2. The molecule has 0 fully saturated rings. The van der Waals surface area contributed by atoms with E-state index in [4.69, 9.17) is 9.47 Å². The lowest BCUT2D eigenvalue weighted by Gasteiger charge is -2.09. The minimum absolute atomic E-state index is 0.100. The average Bonchev–Trinajstić information content (AvgIpc) is 2.46. The summed E-state index contributed by atoms with van der Waals surface area (Å²) in [4.78, 5) is 16.2. The molecule has 0 bridgehead atoms. The summed E-state index contributed by atoms with van der Waals surface area (Å²) >= 11 is 0. The molecule has 92 valence electrons. The Balaban J connectivity index is 2.42. The number of carbonyl (C=O) groups excluding carboxylic acids is 1. The number of nitrogens with zero attached hydrogens (tertiary/aromatic N) is 1. The molecule has 4 heteroatoms. The number of pyridine rings is 1. The molecule has 2 rings (SSSR count). The van der Waals surface area contributed by atoms with Crippen LogP contribution in [0.1, 0.15) is 15.9 Å². The zero-order valence-electron chi connectivity index (χ0n) is 10.2. The highest BCUT2D eigenvalue weighted by atomic mass is 16.5. The molecule has 0 unspecified atom stereocenters. The van der Waals surface area contributed by atoms with Gasteiger partial charge in [0, 0.05) is 24.0 Å². The normalized spacial score (nSPS) is 9.89. The zero-order valence-corrected chi connectivity index (χ0v) is 10.2. The van der Waals surface area contributed by atoms with Crippen LogP contribution in [0, 0.1) is 0 Å². The molecule has 0 aliphatic rings. The van der Waals surface area contributed by atoms with Crippen molar-refractivity contribution in [1.82, 2.24) is 4.98 Å². The topological polar surface area (TPSA) is 48.4 Å². The first kappa shape index (κ1) is 12.1. The molecule has 1 heterocycles. The van der Waals surface area contributed by atoms with Gasteiger partial charge in [0.2, 0.25) is 0 Å². The molecule has 4 nitrogen and oxygen atoms in total. The van der Waals surface area contributed by atoms with Gasteiger partial charge in [0.1, 0.15) is 11.5 Å². The number of aromatic nitrogens is 1. The number of methoxy groups -OCH3 is 2. The maximum absolute atomic E-state index is 12.3. The van der Waals surface area contributed by atoms with Crippen molar-refractivity contribution in [2.45, 2.75) is 0 Å². The average molecular weight is 243 g/mol. The minimum atomic E-state index is -0.100. The van der Waals surface area contributed by atoms with Gasteiger partial charge in [-0.2, -0.15) is 0 Å². The van der Waals surface area contributed by atoms with E-state index in [9.17, 15) is 4.79 Å². The fourth-order valence-corrected chi connectivity index (χ4v) is 1.64. The van der Waals surface area contributed by atoms with Crippen LogP contribution in [0.25, 0.3) is 0 Å². The second kappa shape index (κ2) is 5.31. The van der Waals surface area contributed by atoms with Crippen LogP contribution in [-0.4, -0.2) is 25.0 Å². The summed E-state index contributed by atoms with van der Waals surface area (Å²) in [5.74, 6) is 1.05. The van der Waals surface area contributed by atoms with E-state index in [2.05, 4.69) is 4.98 Å². The molecule has 0 saturated heterocycles. The Morgan fingerprint density at radius 1 is 1.06 bits per heavy atom. The SMILES string of the molecule is COc1ccc(C(=O)c2ccncc2)c(OC)c1. The highest BCUT2D eigenvalue weighted by molar-refractivity contribution is 6.10. The maximum Gasteiger partial charge on any atom is 0.196 e. The Kier molecular flexibility index (Phi) is 3.57. The molecule has 0 aliphatic heterocycles. The number of hydrogen-bond donors (Lipinski definition) is 0. The third-order valence-electron chi connectivity index (χ3n) is 2.60. The monoisotopic (exact) mass is 243 g/mol. The van der Waals surface area contributed by atoms with Crippen molar-refractivity contribution in [3.05, 3.63) is 53.9 Å². The molecule has 0 spiro atoms. The first-order valence-corrected chi connectivity index (χ1v) is 5.43. The second-order valence-electron chi connectivity index (χ2n) is 3.63. The van der Waals surface area contributed by atoms with Crippen molar-refractivity contribution < 1.29 is 14.3 Å². The van der Waals surface area contributed by atoms with E-state index < -0.39 is 0 Å². The van der Waals surface area contributed by atoms with Crippen LogP contribution in [0.15, 0.2) is 42.7 Å². The van der Waals surface area contributed by atoms with Crippen LogP contribution in [0.2, 0.25) is 0 Å². The number of benzene rings is 1. The van der Waals surface area contributed by atoms with Crippen molar-refractivity contribution >= 4 is 5.78 Å². The van der Waals surface area contributed by atoms with Crippen LogP contribution in [-0.2, 0) is 0 Å². The van der Waals surface area contributed by atoms with Crippen molar-refractivity contribution in [3.63, 3.8) is 0 Å². The van der Waals surface area contributed by atoms with Crippen LogP contribution in [0.5, 0.6) is 11.5 Å². The molecule has 0 amide bonds. The molecular formula is C14H13NO3. The van der Waals surface area contributed by atoms with Crippen LogP contribution in [0.4, 0.5) is 0 Å². The van der Waals surface area contributed by atoms with Gasteiger partial charge in [0.15, 0.2) is 5.78 Å². The van der Waals surface area contributed by atoms with E-state index in [0.717, 1.165) is 0 Å². The van der Waals surface area contributed by atoms with Gasteiger partial charge < -0.3 is 9.47 Å².